The van der Waals surface area contributed by atoms with Crippen molar-refractivity contribution in [1.82, 2.24) is 10.2 Å². The van der Waals surface area contributed by atoms with Crippen molar-refractivity contribution in [3.63, 3.8) is 0 Å². The third-order valence-corrected chi connectivity index (χ3v) is 4.28. The highest BCUT2D eigenvalue weighted by atomic mass is 16.5. The third-order valence-electron chi connectivity index (χ3n) is 4.28. The largest absolute Gasteiger partial charge is 0.493 e. The molecule has 0 saturated carbocycles. The summed E-state index contributed by atoms with van der Waals surface area (Å²) in [7, 11) is 7.00. The molecule has 1 aliphatic rings. The highest BCUT2D eigenvalue weighted by molar-refractivity contribution is 5.55. The van der Waals surface area contributed by atoms with Gasteiger partial charge in [0.15, 0.2) is 11.5 Å². The van der Waals surface area contributed by atoms with Gasteiger partial charge in [-0.05, 0) is 45.0 Å². The summed E-state index contributed by atoms with van der Waals surface area (Å²) >= 11 is 0. The van der Waals surface area contributed by atoms with Gasteiger partial charge in [-0.15, -0.1) is 0 Å². The van der Waals surface area contributed by atoms with Crippen molar-refractivity contribution < 1.29 is 14.2 Å². The van der Waals surface area contributed by atoms with E-state index < -0.39 is 0 Å². The first-order valence-corrected chi connectivity index (χ1v) is 7.88. The van der Waals surface area contributed by atoms with Crippen molar-refractivity contribution in [2.75, 3.05) is 48.0 Å². The monoisotopic (exact) mass is 308 g/mol. The van der Waals surface area contributed by atoms with Gasteiger partial charge in [0.05, 0.1) is 21.3 Å². The summed E-state index contributed by atoms with van der Waals surface area (Å²) in [6.07, 6.45) is 2.56. The number of nitrogens with one attached hydrogen (secondary N) is 1. The molecule has 0 radical (unpaired) electrons. The van der Waals surface area contributed by atoms with E-state index >= 15 is 0 Å². The molecule has 1 aromatic rings. The van der Waals surface area contributed by atoms with Crippen LogP contribution in [-0.4, -0.2) is 52.9 Å². The van der Waals surface area contributed by atoms with Crippen LogP contribution in [0.5, 0.6) is 17.2 Å². The number of nitrogens with zero attached hydrogens (tertiary/aromatic N) is 1. The Morgan fingerprint density at radius 3 is 2.55 bits per heavy atom. The van der Waals surface area contributed by atoms with Crippen molar-refractivity contribution in [1.29, 1.82) is 0 Å². The quantitative estimate of drug-likeness (QED) is 0.836. The van der Waals surface area contributed by atoms with Crippen LogP contribution in [0.25, 0.3) is 0 Å². The Kier molecular flexibility index (Phi) is 6.34. The summed E-state index contributed by atoms with van der Waals surface area (Å²) in [6.45, 7) is 4.22. The second-order valence-electron chi connectivity index (χ2n) is 5.79. The van der Waals surface area contributed by atoms with Crippen molar-refractivity contribution in [2.45, 2.75) is 19.4 Å². The molecule has 0 aromatic heterocycles. The molecule has 1 heterocycles. The first-order valence-electron chi connectivity index (χ1n) is 7.88. The van der Waals surface area contributed by atoms with Gasteiger partial charge < -0.3 is 19.5 Å². The van der Waals surface area contributed by atoms with Gasteiger partial charge in [-0.25, -0.2) is 0 Å². The van der Waals surface area contributed by atoms with Gasteiger partial charge in [0, 0.05) is 18.7 Å². The van der Waals surface area contributed by atoms with Crippen LogP contribution in [0.15, 0.2) is 12.1 Å². The van der Waals surface area contributed by atoms with Crippen LogP contribution in [-0.2, 0) is 6.54 Å². The molecule has 5 heteroatoms. The summed E-state index contributed by atoms with van der Waals surface area (Å²) in [4.78, 5) is 2.50. The number of benzene rings is 1. The standard InChI is InChI=1S/C17H28N2O3/c1-18-10-13-6-5-9-19(11-13)12-14-7-8-15(20-2)17(22-4)16(14)21-3/h7-8,13,18H,5-6,9-12H2,1-4H3. The van der Waals surface area contributed by atoms with E-state index in [0.717, 1.165) is 43.4 Å². The van der Waals surface area contributed by atoms with E-state index in [2.05, 4.69) is 16.3 Å². The second kappa shape index (κ2) is 8.25. The molecule has 1 fully saturated rings. The van der Waals surface area contributed by atoms with Crippen LogP contribution >= 0.6 is 0 Å². The van der Waals surface area contributed by atoms with Gasteiger partial charge in [0.25, 0.3) is 0 Å². The maximum absolute atomic E-state index is 5.58. The molecule has 0 spiro atoms. The number of rotatable bonds is 7. The number of methoxy groups -OCH3 is 3. The summed E-state index contributed by atoms with van der Waals surface area (Å²) in [5.41, 5.74) is 1.14. The molecule has 1 atom stereocenters. The maximum atomic E-state index is 5.58. The predicted octanol–water partition coefficient (Wildman–Crippen LogP) is 2.14. The van der Waals surface area contributed by atoms with Crippen molar-refractivity contribution >= 4 is 0 Å². The molecule has 0 amide bonds. The van der Waals surface area contributed by atoms with Crippen LogP contribution < -0.4 is 19.5 Å². The molecule has 0 bridgehead atoms. The molecule has 1 unspecified atom stereocenters. The average molecular weight is 308 g/mol. The molecular formula is C17H28N2O3. The normalized spacial score (nSPS) is 19.0. The molecule has 1 aliphatic heterocycles. The minimum atomic E-state index is 0.672. The molecule has 1 N–H and O–H groups in total. The minimum Gasteiger partial charge on any atom is -0.493 e. The van der Waals surface area contributed by atoms with Gasteiger partial charge >= 0.3 is 0 Å². The second-order valence-corrected chi connectivity index (χ2v) is 5.79. The number of hydrogen-bond donors (Lipinski definition) is 1. The van der Waals surface area contributed by atoms with Crippen molar-refractivity contribution in [2.24, 2.45) is 5.92 Å². The third kappa shape index (κ3) is 3.84. The number of hydrogen-bond acceptors (Lipinski definition) is 5. The Morgan fingerprint density at radius 2 is 1.91 bits per heavy atom. The lowest BCUT2D eigenvalue weighted by Crippen LogP contribution is -2.38. The van der Waals surface area contributed by atoms with E-state index in [1.165, 1.54) is 12.8 Å². The van der Waals surface area contributed by atoms with E-state index in [-0.39, 0.29) is 0 Å². The zero-order chi connectivity index (χ0) is 15.9. The van der Waals surface area contributed by atoms with Crippen molar-refractivity contribution in [3.05, 3.63) is 17.7 Å². The Labute approximate surface area is 133 Å². The van der Waals surface area contributed by atoms with Gasteiger partial charge in [-0.3, -0.25) is 4.90 Å². The Morgan fingerprint density at radius 1 is 1.14 bits per heavy atom. The highest BCUT2D eigenvalue weighted by Gasteiger charge is 2.22. The van der Waals surface area contributed by atoms with E-state index in [4.69, 9.17) is 14.2 Å². The van der Waals surface area contributed by atoms with Crippen LogP contribution in [0.4, 0.5) is 0 Å². The van der Waals surface area contributed by atoms with Crippen LogP contribution in [0.3, 0.4) is 0 Å². The topological polar surface area (TPSA) is 43.0 Å². The molecule has 22 heavy (non-hydrogen) atoms. The Hall–Kier alpha value is -1.46. The van der Waals surface area contributed by atoms with Gasteiger partial charge in [-0.2, -0.15) is 0 Å². The molecule has 1 saturated heterocycles. The van der Waals surface area contributed by atoms with Gasteiger partial charge in [0.1, 0.15) is 0 Å². The zero-order valence-corrected chi connectivity index (χ0v) is 14.1. The summed E-state index contributed by atoms with van der Waals surface area (Å²) in [5, 5.41) is 3.29. The van der Waals surface area contributed by atoms with E-state index in [9.17, 15) is 0 Å². The number of ether oxygens (including phenoxy) is 3. The van der Waals surface area contributed by atoms with Crippen LogP contribution in [0.1, 0.15) is 18.4 Å². The van der Waals surface area contributed by atoms with Crippen LogP contribution in [0, 0.1) is 5.92 Å². The summed E-state index contributed by atoms with van der Waals surface area (Å²) in [5.74, 6) is 2.88. The Balaban J connectivity index is 2.15. The lowest BCUT2D eigenvalue weighted by Gasteiger charge is -2.33. The first-order chi connectivity index (χ1) is 10.7. The fourth-order valence-electron chi connectivity index (χ4n) is 3.28. The molecule has 0 aliphatic carbocycles. The highest BCUT2D eigenvalue weighted by Crippen LogP contribution is 2.40. The van der Waals surface area contributed by atoms with E-state index in [1.54, 1.807) is 21.3 Å². The smallest absolute Gasteiger partial charge is 0.203 e. The van der Waals surface area contributed by atoms with Crippen molar-refractivity contribution in [3.8, 4) is 17.2 Å². The summed E-state index contributed by atoms with van der Waals surface area (Å²) in [6, 6.07) is 4.02. The van der Waals surface area contributed by atoms with E-state index in [1.807, 2.05) is 13.1 Å². The fraction of sp³-hybridized carbons (Fsp3) is 0.647. The number of likely N-dealkylation sites (tertiary alicyclic amines) is 1. The molecule has 1 aromatic carbocycles. The molecular weight excluding hydrogens is 280 g/mol. The maximum Gasteiger partial charge on any atom is 0.203 e. The van der Waals surface area contributed by atoms with Gasteiger partial charge in [-0.1, -0.05) is 6.07 Å². The minimum absolute atomic E-state index is 0.672. The molecule has 5 nitrogen and oxygen atoms in total. The van der Waals surface area contributed by atoms with Crippen LogP contribution in [0.2, 0.25) is 0 Å². The fourth-order valence-corrected chi connectivity index (χ4v) is 3.28. The molecule has 2 rings (SSSR count). The first kappa shape index (κ1) is 16.9. The zero-order valence-electron chi connectivity index (χ0n) is 14.1. The lowest BCUT2D eigenvalue weighted by atomic mass is 9.97. The Bertz CT molecular complexity index is 477. The van der Waals surface area contributed by atoms with E-state index in [0.29, 0.717) is 11.5 Å². The lowest BCUT2D eigenvalue weighted by molar-refractivity contribution is 0.165. The average Bonchev–Trinajstić information content (AvgIpc) is 2.55. The predicted molar refractivity (Wildman–Crippen MR) is 88.0 cm³/mol. The summed E-state index contributed by atoms with van der Waals surface area (Å²) < 4.78 is 16.4. The molecule has 124 valence electrons. The number of piperidine rings is 1. The van der Waals surface area contributed by atoms with Gasteiger partial charge in [0.2, 0.25) is 5.75 Å². The SMILES string of the molecule is CNCC1CCCN(Cc2ccc(OC)c(OC)c2OC)C1.